The van der Waals surface area contributed by atoms with Gasteiger partial charge in [-0.15, -0.1) is 0 Å². The SMILES string of the molecule is CCCC[C@H](NS(=O)(=O)c1cn[nH]c1C)C(=O)O. The maximum Gasteiger partial charge on any atom is 0.321 e. The molecule has 7 nitrogen and oxygen atoms in total. The van der Waals surface area contributed by atoms with Gasteiger partial charge in [-0.05, 0) is 13.3 Å². The number of nitrogens with one attached hydrogen (secondary N) is 2. The molecule has 1 atom stereocenters. The van der Waals surface area contributed by atoms with Gasteiger partial charge in [0.25, 0.3) is 0 Å². The second-order valence-corrected chi connectivity index (χ2v) is 5.70. The maximum atomic E-state index is 12.0. The first-order valence-electron chi connectivity index (χ1n) is 5.63. The van der Waals surface area contributed by atoms with Crippen LogP contribution in [0.3, 0.4) is 0 Å². The van der Waals surface area contributed by atoms with E-state index in [-0.39, 0.29) is 11.3 Å². The van der Waals surface area contributed by atoms with Gasteiger partial charge in [0.05, 0.1) is 11.9 Å². The Morgan fingerprint density at radius 2 is 2.28 bits per heavy atom. The number of hydrogen-bond donors (Lipinski definition) is 3. The molecule has 0 unspecified atom stereocenters. The molecule has 3 N–H and O–H groups in total. The van der Waals surface area contributed by atoms with Crippen LogP contribution in [-0.4, -0.2) is 35.7 Å². The summed E-state index contributed by atoms with van der Waals surface area (Å²) in [7, 11) is -3.85. The first kappa shape index (κ1) is 14.7. The first-order valence-corrected chi connectivity index (χ1v) is 7.12. The largest absolute Gasteiger partial charge is 0.480 e. The molecule has 1 aromatic rings. The van der Waals surface area contributed by atoms with Gasteiger partial charge in [0, 0.05) is 0 Å². The Labute approximate surface area is 106 Å². The Balaban J connectivity index is 2.86. The van der Waals surface area contributed by atoms with Crippen molar-refractivity contribution in [2.24, 2.45) is 0 Å². The fourth-order valence-electron chi connectivity index (χ4n) is 1.50. The Bertz CT molecular complexity index is 509. The molecule has 8 heteroatoms. The molecule has 18 heavy (non-hydrogen) atoms. The van der Waals surface area contributed by atoms with Crippen molar-refractivity contribution < 1.29 is 18.3 Å². The number of aryl methyl sites for hydroxylation is 1. The predicted octanol–water partition coefficient (Wildman–Crippen LogP) is 0.640. The van der Waals surface area contributed by atoms with Gasteiger partial charge in [0.2, 0.25) is 10.0 Å². The summed E-state index contributed by atoms with van der Waals surface area (Å²) in [5, 5.41) is 15.1. The number of nitrogens with zero attached hydrogens (tertiary/aromatic N) is 1. The summed E-state index contributed by atoms with van der Waals surface area (Å²) >= 11 is 0. The highest BCUT2D eigenvalue weighted by Gasteiger charge is 2.26. The number of aromatic nitrogens is 2. The van der Waals surface area contributed by atoms with Gasteiger partial charge in [0.15, 0.2) is 0 Å². The van der Waals surface area contributed by atoms with Crippen molar-refractivity contribution in [3.63, 3.8) is 0 Å². The van der Waals surface area contributed by atoms with Gasteiger partial charge >= 0.3 is 5.97 Å². The summed E-state index contributed by atoms with van der Waals surface area (Å²) in [6, 6.07) is -1.11. The summed E-state index contributed by atoms with van der Waals surface area (Å²) in [6.45, 7) is 3.47. The number of carboxylic acids is 1. The lowest BCUT2D eigenvalue weighted by molar-refractivity contribution is -0.139. The van der Waals surface area contributed by atoms with Crippen LogP contribution in [0.15, 0.2) is 11.1 Å². The first-order chi connectivity index (χ1) is 8.38. The number of H-pyrrole nitrogens is 1. The van der Waals surface area contributed by atoms with Crippen LogP contribution in [0.2, 0.25) is 0 Å². The van der Waals surface area contributed by atoms with E-state index in [4.69, 9.17) is 5.11 Å². The Kier molecular flexibility index (Phi) is 4.85. The molecular weight excluding hydrogens is 258 g/mol. The molecule has 0 saturated heterocycles. The van der Waals surface area contributed by atoms with Crippen molar-refractivity contribution in [2.45, 2.75) is 44.0 Å². The molecule has 1 heterocycles. The molecule has 0 aliphatic rings. The minimum absolute atomic E-state index is 0.0229. The van der Waals surface area contributed by atoms with Crippen molar-refractivity contribution in [1.29, 1.82) is 0 Å². The lowest BCUT2D eigenvalue weighted by Crippen LogP contribution is -2.40. The molecule has 0 saturated carbocycles. The minimum atomic E-state index is -3.85. The van der Waals surface area contributed by atoms with E-state index in [1.54, 1.807) is 6.92 Å². The van der Waals surface area contributed by atoms with Crippen molar-refractivity contribution in [1.82, 2.24) is 14.9 Å². The molecule has 0 fully saturated rings. The van der Waals surface area contributed by atoms with Crippen LogP contribution in [0.4, 0.5) is 0 Å². The summed E-state index contributed by atoms with van der Waals surface area (Å²) in [4.78, 5) is 11.0. The lowest BCUT2D eigenvalue weighted by Gasteiger charge is -2.13. The quantitative estimate of drug-likeness (QED) is 0.676. The number of aliphatic carboxylic acids is 1. The molecule has 102 valence electrons. The highest BCUT2D eigenvalue weighted by Crippen LogP contribution is 2.13. The standard InChI is InChI=1S/C10H17N3O4S/c1-3-4-5-8(10(14)15)13-18(16,17)9-6-11-12-7(9)2/h6,8,13H,3-5H2,1-2H3,(H,11,12)(H,14,15)/t8-/m0/s1. The molecule has 0 aliphatic carbocycles. The van der Waals surface area contributed by atoms with Crippen LogP contribution >= 0.6 is 0 Å². The van der Waals surface area contributed by atoms with E-state index in [2.05, 4.69) is 14.9 Å². The molecule has 0 aliphatic heterocycles. The average Bonchev–Trinajstić information content (AvgIpc) is 2.71. The topological polar surface area (TPSA) is 112 Å². The van der Waals surface area contributed by atoms with E-state index in [0.29, 0.717) is 12.1 Å². The van der Waals surface area contributed by atoms with Crippen LogP contribution in [0.25, 0.3) is 0 Å². The molecule has 0 spiro atoms. The van der Waals surface area contributed by atoms with Crippen molar-refractivity contribution in [3.8, 4) is 0 Å². The summed E-state index contributed by atoms with van der Waals surface area (Å²) in [6.07, 6.45) is 2.87. The zero-order chi connectivity index (χ0) is 13.8. The smallest absolute Gasteiger partial charge is 0.321 e. The third kappa shape index (κ3) is 3.54. The second-order valence-electron chi connectivity index (χ2n) is 4.01. The second kappa shape index (κ2) is 5.96. The van der Waals surface area contributed by atoms with Crippen LogP contribution in [0.1, 0.15) is 31.9 Å². The highest BCUT2D eigenvalue weighted by molar-refractivity contribution is 7.89. The zero-order valence-electron chi connectivity index (χ0n) is 10.3. The average molecular weight is 275 g/mol. The molecule has 0 bridgehead atoms. The number of carboxylic acid groups (broad SMARTS) is 1. The molecule has 0 radical (unpaired) electrons. The molecule has 1 aromatic heterocycles. The van der Waals surface area contributed by atoms with Crippen LogP contribution in [0, 0.1) is 6.92 Å². The van der Waals surface area contributed by atoms with Crippen LogP contribution in [-0.2, 0) is 14.8 Å². The number of carbonyl (C=O) groups is 1. The lowest BCUT2D eigenvalue weighted by atomic mass is 10.1. The Morgan fingerprint density at radius 3 is 2.72 bits per heavy atom. The molecule has 1 rings (SSSR count). The number of aromatic amines is 1. The minimum Gasteiger partial charge on any atom is -0.480 e. The Hall–Kier alpha value is -1.41. The van der Waals surface area contributed by atoms with Crippen molar-refractivity contribution >= 4 is 16.0 Å². The monoisotopic (exact) mass is 275 g/mol. The number of unbranched alkanes of at least 4 members (excludes halogenated alkanes) is 1. The summed E-state index contributed by atoms with van der Waals surface area (Å²) < 4.78 is 26.1. The maximum absolute atomic E-state index is 12.0. The van der Waals surface area contributed by atoms with E-state index >= 15 is 0 Å². The normalized spacial score (nSPS) is 13.4. The summed E-state index contributed by atoms with van der Waals surface area (Å²) in [5.74, 6) is -1.17. The van der Waals surface area contributed by atoms with Crippen LogP contribution < -0.4 is 4.72 Å². The van der Waals surface area contributed by atoms with Gasteiger partial charge in [0.1, 0.15) is 10.9 Å². The number of hydrogen-bond acceptors (Lipinski definition) is 4. The third-order valence-corrected chi connectivity index (χ3v) is 4.10. The number of rotatable bonds is 7. The van der Waals surface area contributed by atoms with E-state index in [0.717, 1.165) is 12.6 Å². The zero-order valence-corrected chi connectivity index (χ0v) is 11.1. The number of sulfonamides is 1. The van der Waals surface area contributed by atoms with E-state index in [1.807, 2.05) is 6.92 Å². The molecule has 0 amide bonds. The van der Waals surface area contributed by atoms with E-state index < -0.39 is 22.0 Å². The van der Waals surface area contributed by atoms with Gasteiger partial charge in [-0.1, -0.05) is 19.8 Å². The van der Waals surface area contributed by atoms with Crippen LogP contribution in [0.5, 0.6) is 0 Å². The van der Waals surface area contributed by atoms with Crippen molar-refractivity contribution in [3.05, 3.63) is 11.9 Å². The van der Waals surface area contributed by atoms with Gasteiger partial charge in [-0.25, -0.2) is 8.42 Å². The predicted molar refractivity (Wildman–Crippen MR) is 64.6 cm³/mol. The van der Waals surface area contributed by atoms with Gasteiger partial charge in [-0.3, -0.25) is 9.89 Å². The third-order valence-electron chi connectivity index (χ3n) is 2.52. The van der Waals surface area contributed by atoms with Gasteiger partial charge < -0.3 is 5.11 Å². The van der Waals surface area contributed by atoms with E-state index in [9.17, 15) is 13.2 Å². The fourth-order valence-corrected chi connectivity index (χ4v) is 2.86. The molecule has 0 aromatic carbocycles. The van der Waals surface area contributed by atoms with Gasteiger partial charge in [-0.2, -0.15) is 9.82 Å². The van der Waals surface area contributed by atoms with Crippen molar-refractivity contribution in [2.75, 3.05) is 0 Å². The molecular formula is C10H17N3O4S. The fraction of sp³-hybridized carbons (Fsp3) is 0.600. The Morgan fingerprint density at radius 1 is 1.61 bits per heavy atom. The highest BCUT2D eigenvalue weighted by atomic mass is 32.2. The summed E-state index contributed by atoms with van der Waals surface area (Å²) in [5.41, 5.74) is 0.377. The van der Waals surface area contributed by atoms with E-state index in [1.165, 1.54) is 0 Å².